The highest BCUT2D eigenvalue weighted by Crippen LogP contribution is 2.38. The van der Waals surface area contributed by atoms with Crippen molar-refractivity contribution in [3.63, 3.8) is 0 Å². The Balaban J connectivity index is 1.42. The Kier molecular flexibility index (Phi) is 5.09. The second-order valence-electron chi connectivity index (χ2n) is 7.53. The minimum Gasteiger partial charge on any atom is -0.488 e. The molecule has 28 heavy (non-hydrogen) atoms. The van der Waals surface area contributed by atoms with Crippen LogP contribution in [0.4, 0.5) is 0 Å². The number of benzene rings is 1. The van der Waals surface area contributed by atoms with Crippen molar-refractivity contribution in [3.05, 3.63) is 53.9 Å². The van der Waals surface area contributed by atoms with Crippen molar-refractivity contribution >= 4 is 11.9 Å². The van der Waals surface area contributed by atoms with Gasteiger partial charge in [0, 0.05) is 19.3 Å². The van der Waals surface area contributed by atoms with Crippen molar-refractivity contribution in [1.82, 2.24) is 9.88 Å². The average Bonchev–Trinajstić information content (AvgIpc) is 3.37. The van der Waals surface area contributed by atoms with Gasteiger partial charge in [-0.15, -0.1) is 0 Å². The van der Waals surface area contributed by atoms with Gasteiger partial charge in [0.15, 0.2) is 0 Å². The van der Waals surface area contributed by atoms with Gasteiger partial charge < -0.3 is 24.5 Å². The number of hydrogen-bond donors (Lipinski definition) is 2. The first-order valence-corrected chi connectivity index (χ1v) is 9.51. The summed E-state index contributed by atoms with van der Waals surface area (Å²) in [5.74, 6) is 0.662. The molecular formula is C21H24N2O5. The van der Waals surface area contributed by atoms with Crippen LogP contribution >= 0.6 is 0 Å². The molecular weight excluding hydrogens is 360 g/mol. The van der Waals surface area contributed by atoms with E-state index in [0.717, 1.165) is 0 Å². The Morgan fingerprint density at radius 2 is 1.93 bits per heavy atom. The van der Waals surface area contributed by atoms with Gasteiger partial charge in [-0.05, 0) is 55.0 Å². The summed E-state index contributed by atoms with van der Waals surface area (Å²) < 4.78 is 10.8. The lowest BCUT2D eigenvalue weighted by Gasteiger charge is -2.35. The SMILES string of the molecule is COC(=O)c1cccc(O[C@@H]2C[C@@H]3CN(C(=O)c4ccc[nH]4)C[C@@H]3C[C@H]2O)c1. The third-order valence-electron chi connectivity index (χ3n) is 5.74. The maximum atomic E-state index is 12.6. The molecule has 148 valence electrons. The molecule has 1 saturated heterocycles. The van der Waals surface area contributed by atoms with Crippen LogP contribution in [-0.2, 0) is 4.74 Å². The van der Waals surface area contributed by atoms with Crippen LogP contribution < -0.4 is 4.74 Å². The lowest BCUT2D eigenvalue weighted by atomic mass is 9.78. The van der Waals surface area contributed by atoms with Crippen LogP contribution in [0.15, 0.2) is 42.6 Å². The van der Waals surface area contributed by atoms with Gasteiger partial charge in [-0.3, -0.25) is 4.79 Å². The number of hydrogen-bond acceptors (Lipinski definition) is 5. The molecule has 1 aliphatic heterocycles. The number of aliphatic hydroxyl groups is 1. The number of amides is 1. The molecule has 1 aromatic heterocycles. The van der Waals surface area contributed by atoms with Crippen LogP contribution in [0.3, 0.4) is 0 Å². The summed E-state index contributed by atoms with van der Waals surface area (Å²) in [5.41, 5.74) is 0.999. The van der Waals surface area contributed by atoms with Crippen LogP contribution in [0, 0.1) is 11.8 Å². The monoisotopic (exact) mass is 384 g/mol. The summed E-state index contributed by atoms with van der Waals surface area (Å²) >= 11 is 0. The van der Waals surface area contributed by atoms with Crippen molar-refractivity contribution in [1.29, 1.82) is 0 Å². The number of ether oxygens (including phenoxy) is 2. The molecule has 1 aliphatic carbocycles. The summed E-state index contributed by atoms with van der Waals surface area (Å²) in [4.78, 5) is 29.1. The van der Waals surface area contributed by atoms with Gasteiger partial charge in [-0.1, -0.05) is 6.07 Å². The van der Waals surface area contributed by atoms with E-state index in [9.17, 15) is 14.7 Å². The maximum absolute atomic E-state index is 12.6. The highest BCUT2D eigenvalue weighted by molar-refractivity contribution is 5.92. The molecule has 0 bridgehead atoms. The molecule has 1 saturated carbocycles. The van der Waals surface area contributed by atoms with Gasteiger partial charge in [-0.2, -0.15) is 0 Å². The van der Waals surface area contributed by atoms with Gasteiger partial charge in [0.2, 0.25) is 0 Å². The summed E-state index contributed by atoms with van der Waals surface area (Å²) in [6.45, 7) is 1.32. The number of nitrogens with one attached hydrogen (secondary N) is 1. The zero-order chi connectivity index (χ0) is 19.7. The highest BCUT2D eigenvalue weighted by atomic mass is 16.5. The molecule has 4 rings (SSSR count). The van der Waals surface area contributed by atoms with Gasteiger partial charge in [0.1, 0.15) is 17.5 Å². The Morgan fingerprint density at radius 3 is 2.64 bits per heavy atom. The normalized spacial score (nSPS) is 26.6. The number of rotatable bonds is 4. The predicted octanol–water partition coefficient (Wildman–Crippen LogP) is 2.09. The quantitative estimate of drug-likeness (QED) is 0.788. The van der Waals surface area contributed by atoms with E-state index in [1.165, 1.54) is 7.11 Å². The van der Waals surface area contributed by atoms with Gasteiger partial charge >= 0.3 is 5.97 Å². The van der Waals surface area contributed by atoms with E-state index in [1.54, 1.807) is 36.5 Å². The first kappa shape index (κ1) is 18.6. The lowest BCUT2D eigenvalue weighted by molar-refractivity contribution is -0.0231. The number of carbonyl (C=O) groups excluding carboxylic acids is 2. The van der Waals surface area contributed by atoms with Crippen molar-refractivity contribution in [2.75, 3.05) is 20.2 Å². The number of aliphatic hydroxyl groups excluding tert-OH is 1. The zero-order valence-electron chi connectivity index (χ0n) is 15.7. The second-order valence-corrected chi connectivity index (χ2v) is 7.53. The van der Waals surface area contributed by atoms with E-state index in [0.29, 0.717) is 42.9 Å². The van der Waals surface area contributed by atoms with Crippen molar-refractivity contribution < 1.29 is 24.2 Å². The van der Waals surface area contributed by atoms with E-state index in [2.05, 4.69) is 4.98 Å². The number of fused-ring (bicyclic) bond motifs is 1. The number of carbonyl (C=O) groups is 2. The number of aromatic amines is 1. The first-order chi connectivity index (χ1) is 13.5. The molecule has 0 radical (unpaired) electrons. The fraction of sp³-hybridized carbons (Fsp3) is 0.429. The predicted molar refractivity (Wildman–Crippen MR) is 101 cm³/mol. The van der Waals surface area contributed by atoms with E-state index >= 15 is 0 Å². The number of H-pyrrole nitrogens is 1. The number of aromatic nitrogens is 1. The fourth-order valence-corrected chi connectivity index (χ4v) is 4.31. The average molecular weight is 384 g/mol. The Morgan fingerprint density at radius 1 is 1.14 bits per heavy atom. The summed E-state index contributed by atoms with van der Waals surface area (Å²) in [5, 5.41) is 10.6. The number of likely N-dealkylation sites (tertiary alicyclic amines) is 1. The van der Waals surface area contributed by atoms with Gasteiger partial charge in [0.25, 0.3) is 5.91 Å². The molecule has 2 heterocycles. The van der Waals surface area contributed by atoms with Crippen LogP contribution in [0.2, 0.25) is 0 Å². The minimum atomic E-state index is -0.608. The third-order valence-corrected chi connectivity index (χ3v) is 5.74. The van der Waals surface area contributed by atoms with E-state index in [-0.39, 0.29) is 23.8 Å². The molecule has 2 fully saturated rings. The van der Waals surface area contributed by atoms with Crippen LogP contribution in [0.1, 0.15) is 33.7 Å². The highest BCUT2D eigenvalue weighted by Gasteiger charge is 2.44. The van der Waals surface area contributed by atoms with E-state index < -0.39 is 12.1 Å². The van der Waals surface area contributed by atoms with Gasteiger partial charge in [0.05, 0.1) is 18.8 Å². The molecule has 0 unspecified atom stereocenters. The molecule has 2 N–H and O–H groups in total. The molecule has 7 nitrogen and oxygen atoms in total. The largest absolute Gasteiger partial charge is 0.488 e. The Labute approximate surface area is 163 Å². The minimum absolute atomic E-state index is 0.00265. The number of methoxy groups -OCH3 is 1. The zero-order valence-corrected chi connectivity index (χ0v) is 15.7. The van der Waals surface area contributed by atoms with Gasteiger partial charge in [-0.25, -0.2) is 4.79 Å². The maximum Gasteiger partial charge on any atom is 0.337 e. The van der Waals surface area contributed by atoms with Crippen molar-refractivity contribution in [2.45, 2.75) is 25.0 Å². The Hall–Kier alpha value is -2.80. The van der Waals surface area contributed by atoms with E-state index in [4.69, 9.17) is 9.47 Å². The van der Waals surface area contributed by atoms with E-state index in [1.807, 2.05) is 11.0 Å². The summed E-state index contributed by atoms with van der Waals surface area (Å²) in [6, 6.07) is 10.4. The van der Waals surface area contributed by atoms with Crippen LogP contribution in [0.5, 0.6) is 5.75 Å². The fourth-order valence-electron chi connectivity index (χ4n) is 4.31. The summed E-state index contributed by atoms with van der Waals surface area (Å²) in [7, 11) is 1.33. The second kappa shape index (κ2) is 7.67. The Bertz CT molecular complexity index is 850. The molecule has 1 aromatic carbocycles. The molecule has 7 heteroatoms. The lowest BCUT2D eigenvalue weighted by Crippen LogP contribution is -2.42. The molecule has 2 aliphatic rings. The smallest absolute Gasteiger partial charge is 0.337 e. The topological polar surface area (TPSA) is 91.9 Å². The molecule has 4 atom stereocenters. The molecule has 0 spiro atoms. The van der Waals surface area contributed by atoms with Crippen LogP contribution in [0.25, 0.3) is 0 Å². The number of esters is 1. The summed E-state index contributed by atoms with van der Waals surface area (Å²) in [6.07, 6.45) is 2.04. The van der Waals surface area contributed by atoms with Crippen LogP contribution in [-0.4, -0.2) is 59.3 Å². The molecule has 1 amide bonds. The number of nitrogens with zero attached hydrogens (tertiary/aromatic N) is 1. The van der Waals surface area contributed by atoms with Crippen molar-refractivity contribution in [2.24, 2.45) is 11.8 Å². The first-order valence-electron chi connectivity index (χ1n) is 9.51. The molecule has 2 aromatic rings. The van der Waals surface area contributed by atoms with Crippen molar-refractivity contribution in [3.8, 4) is 5.75 Å². The standard InChI is InChI=1S/C21H24N2O5/c1-27-21(26)13-4-2-5-16(8-13)28-19-10-15-12-23(11-14(15)9-18(19)24)20(25)17-6-3-7-22-17/h2-8,14-15,18-19,22,24H,9-12H2,1H3/t14-,15+,18+,19+/m0/s1. The third kappa shape index (κ3) is 3.62.